The minimum Gasteiger partial charge on any atom is -0.395 e. The summed E-state index contributed by atoms with van der Waals surface area (Å²) in [5.74, 6) is 0. The molecule has 0 spiro atoms. The van der Waals surface area contributed by atoms with Gasteiger partial charge in [0.15, 0.2) is 0 Å². The fourth-order valence-electron chi connectivity index (χ4n) is 3.10. The Morgan fingerprint density at radius 2 is 2.36 bits per heavy atom. The van der Waals surface area contributed by atoms with E-state index in [1.165, 1.54) is 19.3 Å². The van der Waals surface area contributed by atoms with Gasteiger partial charge in [-0.2, -0.15) is 0 Å². The van der Waals surface area contributed by atoms with Gasteiger partial charge in [0.25, 0.3) is 0 Å². The lowest BCUT2D eigenvalue weighted by molar-refractivity contribution is 0.0204. The van der Waals surface area contributed by atoms with Gasteiger partial charge in [-0.25, -0.2) is 0 Å². The van der Waals surface area contributed by atoms with E-state index in [9.17, 15) is 5.11 Å². The summed E-state index contributed by atoms with van der Waals surface area (Å²) >= 11 is 0. The average molecular weight is 199 g/mol. The summed E-state index contributed by atoms with van der Waals surface area (Å²) in [6.07, 6.45) is 4.87. The quantitative estimate of drug-likeness (QED) is 0.733. The van der Waals surface area contributed by atoms with Crippen LogP contribution in [-0.2, 0) is 4.74 Å². The van der Waals surface area contributed by atoms with Crippen molar-refractivity contribution in [1.29, 1.82) is 0 Å². The SMILES string of the molecule is CCOCC12CCCN1[C@@H](CO)CC2. The number of ether oxygens (including phenoxy) is 1. The van der Waals surface area contributed by atoms with Gasteiger partial charge in [0.1, 0.15) is 0 Å². The zero-order chi connectivity index (χ0) is 10.0. The van der Waals surface area contributed by atoms with Crippen LogP contribution in [0.3, 0.4) is 0 Å². The van der Waals surface area contributed by atoms with E-state index in [0.717, 1.165) is 26.2 Å². The molecular weight excluding hydrogens is 178 g/mol. The molecule has 1 N–H and O–H groups in total. The van der Waals surface area contributed by atoms with E-state index in [0.29, 0.717) is 12.6 Å². The van der Waals surface area contributed by atoms with Crippen LogP contribution in [0.15, 0.2) is 0 Å². The molecule has 1 unspecified atom stereocenters. The Balaban J connectivity index is 2.02. The van der Waals surface area contributed by atoms with Crippen molar-refractivity contribution in [2.45, 2.75) is 44.2 Å². The van der Waals surface area contributed by atoms with E-state index in [1.54, 1.807) is 0 Å². The second-order valence-electron chi connectivity index (χ2n) is 4.53. The minimum atomic E-state index is 0.281. The molecule has 0 amide bonds. The Labute approximate surface area is 86.0 Å². The summed E-state index contributed by atoms with van der Waals surface area (Å²) in [4.78, 5) is 2.49. The van der Waals surface area contributed by atoms with Crippen LogP contribution in [0.1, 0.15) is 32.6 Å². The number of aliphatic hydroxyl groups excluding tert-OH is 1. The third kappa shape index (κ3) is 1.58. The highest BCUT2D eigenvalue weighted by molar-refractivity contribution is 5.04. The first-order chi connectivity index (χ1) is 6.82. The maximum atomic E-state index is 9.27. The predicted molar refractivity (Wildman–Crippen MR) is 55.3 cm³/mol. The van der Waals surface area contributed by atoms with Crippen LogP contribution in [0.25, 0.3) is 0 Å². The monoisotopic (exact) mass is 199 g/mol. The Morgan fingerprint density at radius 3 is 3.07 bits per heavy atom. The molecule has 2 rings (SSSR count). The molecule has 0 radical (unpaired) electrons. The number of hydrogen-bond donors (Lipinski definition) is 1. The molecule has 3 nitrogen and oxygen atoms in total. The summed E-state index contributed by atoms with van der Waals surface area (Å²) in [6.45, 7) is 5.18. The van der Waals surface area contributed by atoms with Crippen molar-refractivity contribution in [3.8, 4) is 0 Å². The van der Waals surface area contributed by atoms with Gasteiger partial charge >= 0.3 is 0 Å². The number of fused-ring (bicyclic) bond motifs is 1. The minimum absolute atomic E-state index is 0.281. The Bertz CT molecular complexity index is 198. The van der Waals surface area contributed by atoms with Gasteiger partial charge < -0.3 is 9.84 Å². The summed E-state index contributed by atoms with van der Waals surface area (Å²) < 4.78 is 5.59. The van der Waals surface area contributed by atoms with E-state index < -0.39 is 0 Å². The summed E-state index contributed by atoms with van der Waals surface area (Å²) in [6, 6.07) is 0.401. The van der Waals surface area contributed by atoms with Gasteiger partial charge in [-0.3, -0.25) is 4.90 Å². The molecule has 0 saturated carbocycles. The van der Waals surface area contributed by atoms with Crippen LogP contribution in [0.2, 0.25) is 0 Å². The van der Waals surface area contributed by atoms with E-state index >= 15 is 0 Å². The fourth-order valence-corrected chi connectivity index (χ4v) is 3.10. The van der Waals surface area contributed by atoms with Crippen molar-refractivity contribution in [1.82, 2.24) is 4.90 Å². The molecule has 14 heavy (non-hydrogen) atoms. The largest absolute Gasteiger partial charge is 0.395 e. The second kappa shape index (κ2) is 4.17. The normalized spacial score (nSPS) is 37.7. The Kier molecular flexibility index (Phi) is 3.10. The van der Waals surface area contributed by atoms with Crippen LogP contribution < -0.4 is 0 Å². The maximum absolute atomic E-state index is 9.27. The molecule has 2 saturated heterocycles. The van der Waals surface area contributed by atoms with Crippen molar-refractivity contribution < 1.29 is 9.84 Å². The van der Waals surface area contributed by atoms with Crippen molar-refractivity contribution in [2.75, 3.05) is 26.4 Å². The van der Waals surface area contributed by atoms with E-state index in [4.69, 9.17) is 4.74 Å². The highest BCUT2D eigenvalue weighted by Gasteiger charge is 2.48. The Hall–Kier alpha value is -0.120. The lowest BCUT2D eigenvalue weighted by Gasteiger charge is -2.34. The molecular formula is C11H21NO2. The highest BCUT2D eigenvalue weighted by Crippen LogP contribution is 2.42. The lowest BCUT2D eigenvalue weighted by atomic mass is 9.95. The molecule has 2 heterocycles. The number of aliphatic hydroxyl groups is 1. The summed E-state index contributed by atoms with van der Waals surface area (Å²) in [5, 5.41) is 9.27. The molecule has 0 aromatic heterocycles. The molecule has 2 atom stereocenters. The van der Waals surface area contributed by atoms with Crippen LogP contribution in [-0.4, -0.2) is 48.0 Å². The first-order valence-corrected chi connectivity index (χ1v) is 5.78. The van der Waals surface area contributed by atoms with Gasteiger partial charge in [0.05, 0.1) is 13.2 Å². The smallest absolute Gasteiger partial charge is 0.0650 e. The lowest BCUT2D eigenvalue weighted by Crippen LogP contribution is -2.46. The van der Waals surface area contributed by atoms with Crippen molar-refractivity contribution in [3.05, 3.63) is 0 Å². The number of hydrogen-bond acceptors (Lipinski definition) is 3. The van der Waals surface area contributed by atoms with E-state index in [2.05, 4.69) is 11.8 Å². The molecule has 2 aliphatic rings. The van der Waals surface area contributed by atoms with Crippen LogP contribution >= 0.6 is 0 Å². The molecule has 0 bridgehead atoms. The third-order valence-electron chi connectivity index (χ3n) is 3.82. The van der Waals surface area contributed by atoms with Crippen molar-refractivity contribution in [3.63, 3.8) is 0 Å². The topological polar surface area (TPSA) is 32.7 Å². The number of rotatable bonds is 4. The van der Waals surface area contributed by atoms with Crippen molar-refractivity contribution >= 4 is 0 Å². The molecule has 2 aliphatic heterocycles. The fraction of sp³-hybridized carbons (Fsp3) is 1.00. The van der Waals surface area contributed by atoms with E-state index in [-0.39, 0.29) is 5.54 Å². The van der Waals surface area contributed by atoms with Gasteiger partial charge in [0, 0.05) is 18.2 Å². The predicted octanol–water partition coefficient (Wildman–Crippen LogP) is 1.01. The van der Waals surface area contributed by atoms with Gasteiger partial charge in [-0.05, 0) is 39.2 Å². The first-order valence-electron chi connectivity index (χ1n) is 5.78. The van der Waals surface area contributed by atoms with E-state index in [1.807, 2.05) is 0 Å². The van der Waals surface area contributed by atoms with Crippen LogP contribution in [0.5, 0.6) is 0 Å². The second-order valence-corrected chi connectivity index (χ2v) is 4.53. The molecule has 82 valence electrons. The van der Waals surface area contributed by atoms with Gasteiger partial charge in [-0.15, -0.1) is 0 Å². The Morgan fingerprint density at radius 1 is 1.50 bits per heavy atom. The van der Waals surface area contributed by atoms with Gasteiger partial charge in [0.2, 0.25) is 0 Å². The van der Waals surface area contributed by atoms with Crippen LogP contribution in [0, 0.1) is 0 Å². The van der Waals surface area contributed by atoms with Crippen LogP contribution in [0.4, 0.5) is 0 Å². The molecule has 3 heteroatoms. The first kappa shape index (κ1) is 10.4. The molecule has 2 fully saturated rings. The molecule has 0 aromatic carbocycles. The molecule has 0 aromatic rings. The van der Waals surface area contributed by atoms with Crippen molar-refractivity contribution in [2.24, 2.45) is 0 Å². The standard InChI is InChI=1S/C11H21NO2/c1-2-14-9-11-5-3-7-12(11)10(8-13)4-6-11/h10,13H,2-9H2,1H3/t10-,11?/m1/s1. The average Bonchev–Trinajstić information content (AvgIpc) is 2.72. The maximum Gasteiger partial charge on any atom is 0.0650 e. The zero-order valence-electron chi connectivity index (χ0n) is 9.04. The third-order valence-corrected chi connectivity index (χ3v) is 3.82. The highest BCUT2D eigenvalue weighted by atomic mass is 16.5. The zero-order valence-corrected chi connectivity index (χ0v) is 9.04. The summed E-state index contributed by atoms with van der Waals surface area (Å²) in [7, 11) is 0. The molecule has 0 aliphatic carbocycles. The van der Waals surface area contributed by atoms with Gasteiger partial charge in [-0.1, -0.05) is 0 Å². The summed E-state index contributed by atoms with van der Waals surface area (Å²) in [5.41, 5.74) is 0.281. The number of nitrogens with zero attached hydrogens (tertiary/aromatic N) is 1.